The SMILES string of the molecule is COc1cc(F)ccc1OC(=O)CCC(=O)OCC(Cl)Cl. The zero-order valence-electron chi connectivity index (χ0n) is 11.1. The van der Waals surface area contributed by atoms with Crippen molar-refractivity contribution in [2.75, 3.05) is 13.7 Å². The summed E-state index contributed by atoms with van der Waals surface area (Å²) in [7, 11) is 1.32. The molecule has 116 valence electrons. The van der Waals surface area contributed by atoms with E-state index in [1.54, 1.807) is 0 Å². The van der Waals surface area contributed by atoms with Crippen molar-refractivity contribution in [3.8, 4) is 11.5 Å². The number of alkyl halides is 2. The summed E-state index contributed by atoms with van der Waals surface area (Å²) >= 11 is 10.8. The lowest BCUT2D eigenvalue weighted by Gasteiger charge is -2.09. The Morgan fingerprint density at radius 3 is 2.48 bits per heavy atom. The number of carbonyl (C=O) groups is 2. The average molecular weight is 339 g/mol. The summed E-state index contributed by atoms with van der Waals surface area (Å²) in [5.74, 6) is -1.67. The first kappa shape index (κ1) is 17.5. The summed E-state index contributed by atoms with van der Waals surface area (Å²) in [4.78, 5) is 22.0. The smallest absolute Gasteiger partial charge is 0.311 e. The molecule has 0 aromatic heterocycles. The normalized spacial score (nSPS) is 10.3. The van der Waals surface area contributed by atoms with Crippen LogP contribution < -0.4 is 9.47 Å². The third kappa shape index (κ3) is 6.64. The molecule has 0 unspecified atom stereocenters. The second kappa shape index (κ2) is 8.69. The monoisotopic (exact) mass is 338 g/mol. The Morgan fingerprint density at radius 1 is 1.19 bits per heavy atom. The minimum Gasteiger partial charge on any atom is -0.493 e. The van der Waals surface area contributed by atoms with Gasteiger partial charge in [0, 0.05) is 6.07 Å². The van der Waals surface area contributed by atoms with E-state index < -0.39 is 22.6 Å². The third-order valence-electron chi connectivity index (χ3n) is 2.25. The van der Waals surface area contributed by atoms with Crippen LogP contribution in [0.4, 0.5) is 4.39 Å². The first-order valence-corrected chi connectivity index (χ1v) is 6.77. The highest BCUT2D eigenvalue weighted by atomic mass is 35.5. The Labute approximate surface area is 130 Å². The summed E-state index contributed by atoms with van der Waals surface area (Å²) < 4.78 is 27.5. The highest BCUT2D eigenvalue weighted by molar-refractivity contribution is 6.44. The number of halogens is 3. The molecule has 0 aliphatic carbocycles. The second-order valence-corrected chi connectivity index (χ2v) is 5.12. The summed E-state index contributed by atoms with van der Waals surface area (Å²) in [6.45, 7) is -0.150. The number of hydrogen-bond donors (Lipinski definition) is 0. The summed E-state index contributed by atoms with van der Waals surface area (Å²) in [5, 5.41) is 0. The van der Waals surface area contributed by atoms with Crippen molar-refractivity contribution < 1.29 is 28.2 Å². The number of carbonyl (C=O) groups excluding carboxylic acids is 2. The van der Waals surface area contributed by atoms with Crippen molar-refractivity contribution in [3.05, 3.63) is 24.0 Å². The second-order valence-electron chi connectivity index (χ2n) is 3.84. The van der Waals surface area contributed by atoms with Gasteiger partial charge in [0.25, 0.3) is 0 Å². The van der Waals surface area contributed by atoms with E-state index in [0.717, 1.165) is 12.1 Å². The Bertz CT molecular complexity index is 507. The Morgan fingerprint density at radius 2 is 1.86 bits per heavy atom. The molecular weight excluding hydrogens is 326 g/mol. The molecular formula is C13H13Cl2FO5. The van der Waals surface area contributed by atoms with E-state index in [2.05, 4.69) is 4.74 Å². The van der Waals surface area contributed by atoms with Crippen LogP contribution >= 0.6 is 23.2 Å². The van der Waals surface area contributed by atoms with E-state index in [-0.39, 0.29) is 30.9 Å². The van der Waals surface area contributed by atoms with Crippen molar-refractivity contribution >= 4 is 35.1 Å². The van der Waals surface area contributed by atoms with Gasteiger partial charge in [-0.1, -0.05) is 0 Å². The number of rotatable bonds is 7. The molecule has 0 fully saturated rings. The molecule has 0 spiro atoms. The van der Waals surface area contributed by atoms with Gasteiger partial charge in [0.1, 0.15) is 17.3 Å². The van der Waals surface area contributed by atoms with E-state index in [9.17, 15) is 14.0 Å². The van der Waals surface area contributed by atoms with Crippen LogP contribution in [-0.4, -0.2) is 30.5 Å². The molecule has 0 saturated carbocycles. The molecule has 1 aromatic rings. The van der Waals surface area contributed by atoms with Crippen molar-refractivity contribution in [2.45, 2.75) is 17.7 Å². The van der Waals surface area contributed by atoms with Crippen LogP contribution in [0.5, 0.6) is 11.5 Å². The maximum Gasteiger partial charge on any atom is 0.311 e. The first-order chi connectivity index (χ1) is 9.92. The topological polar surface area (TPSA) is 61.8 Å². The van der Waals surface area contributed by atoms with Crippen molar-refractivity contribution in [1.29, 1.82) is 0 Å². The van der Waals surface area contributed by atoms with Gasteiger partial charge in [0.15, 0.2) is 11.5 Å². The van der Waals surface area contributed by atoms with Crippen LogP contribution in [0.3, 0.4) is 0 Å². The van der Waals surface area contributed by atoms with Gasteiger partial charge in [0.2, 0.25) is 0 Å². The van der Waals surface area contributed by atoms with Gasteiger partial charge in [-0.3, -0.25) is 9.59 Å². The molecule has 0 heterocycles. The summed E-state index contributed by atoms with van der Waals surface area (Å²) in [6.07, 6.45) is -0.378. The lowest BCUT2D eigenvalue weighted by atomic mass is 10.3. The number of ether oxygens (including phenoxy) is 3. The predicted octanol–water partition coefficient (Wildman–Crippen LogP) is 2.87. The molecule has 0 atom stereocenters. The van der Waals surface area contributed by atoms with E-state index in [1.807, 2.05) is 0 Å². The van der Waals surface area contributed by atoms with E-state index in [1.165, 1.54) is 13.2 Å². The molecule has 0 saturated heterocycles. The molecule has 0 amide bonds. The van der Waals surface area contributed by atoms with E-state index >= 15 is 0 Å². The minimum atomic E-state index is -0.815. The van der Waals surface area contributed by atoms with Crippen LogP contribution in [0.1, 0.15) is 12.8 Å². The Hall–Kier alpha value is -1.53. The predicted molar refractivity (Wildman–Crippen MR) is 74.3 cm³/mol. The standard InChI is InChI=1S/C13H13Cl2FO5/c1-19-10-6-8(16)2-3-9(10)21-13(18)5-4-12(17)20-7-11(14)15/h2-3,6,11H,4-5,7H2,1H3. The maximum atomic E-state index is 13.0. The van der Waals surface area contributed by atoms with Crippen molar-refractivity contribution in [3.63, 3.8) is 0 Å². The van der Waals surface area contributed by atoms with Crippen molar-refractivity contribution in [2.24, 2.45) is 0 Å². The van der Waals surface area contributed by atoms with Crippen LogP contribution in [0.25, 0.3) is 0 Å². The molecule has 1 aromatic carbocycles. The lowest BCUT2D eigenvalue weighted by Crippen LogP contribution is -2.14. The lowest BCUT2D eigenvalue weighted by molar-refractivity contribution is -0.146. The number of benzene rings is 1. The zero-order valence-corrected chi connectivity index (χ0v) is 12.6. The largest absolute Gasteiger partial charge is 0.493 e. The molecule has 21 heavy (non-hydrogen) atoms. The van der Waals surface area contributed by atoms with Gasteiger partial charge >= 0.3 is 11.9 Å². The van der Waals surface area contributed by atoms with Crippen LogP contribution in [-0.2, 0) is 14.3 Å². The Balaban J connectivity index is 2.45. The fraction of sp³-hybridized carbons (Fsp3) is 0.385. The molecule has 8 heteroatoms. The van der Waals surface area contributed by atoms with E-state index in [4.69, 9.17) is 32.7 Å². The van der Waals surface area contributed by atoms with Crippen molar-refractivity contribution in [1.82, 2.24) is 0 Å². The van der Waals surface area contributed by atoms with Gasteiger partial charge in [-0.2, -0.15) is 0 Å². The average Bonchev–Trinajstić information content (AvgIpc) is 2.44. The molecule has 0 bridgehead atoms. The molecule has 0 aliphatic rings. The number of esters is 2. The van der Waals surface area contributed by atoms with Gasteiger partial charge in [-0.25, -0.2) is 4.39 Å². The molecule has 0 N–H and O–H groups in total. The van der Waals surface area contributed by atoms with E-state index in [0.29, 0.717) is 0 Å². The molecule has 0 aliphatic heterocycles. The minimum absolute atomic E-state index is 0.0684. The molecule has 1 rings (SSSR count). The summed E-state index contributed by atoms with van der Waals surface area (Å²) in [5.41, 5.74) is 0. The summed E-state index contributed by atoms with van der Waals surface area (Å²) in [6, 6.07) is 3.47. The maximum absolute atomic E-state index is 13.0. The van der Waals surface area contributed by atoms with Crippen LogP contribution in [0, 0.1) is 5.82 Å². The molecule has 5 nitrogen and oxygen atoms in total. The highest BCUT2D eigenvalue weighted by Crippen LogP contribution is 2.27. The number of methoxy groups -OCH3 is 1. The molecule has 0 radical (unpaired) electrons. The number of hydrogen-bond acceptors (Lipinski definition) is 5. The van der Waals surface area contributed by atoms with Crippen LogP contribution in [0.15, 0.2) is 18.2 Å². The highest BCUT2D eigenvalue weighted by Gasteiger charge is 2.14. The fourth-order valence-electron chi connectivity index (χ4n) is 1.33. The zero-order chi connectivity index (χ0) is 15.8. The van der Waals surface area contributed by atoms with Gasteiger partial charge < -0.3 is 14.2 Å². The van der Waals surface area contributed by atoms with Gasteiger partial charge in [-0.15, -0.1) is 23.2 Å². The first-order valence-electron chi connectivity index (χ1n) is 5.90. The van der Waals surface area contributed by atoms with Gasteiger partial charge in [-0.05, 0) is 12.1 Å². The van der Waals surface area contributed by atoms with Gasteiger partial charge in [0.05, 0.1) is 20.0 Å². The fourth-order valence-corrected chi connectivity index (χ4v) is 1.46. The quantitative estimate of drug-likeness (QED) is 0.434. The van der Waals surface area contributed by atoms with Crippen LogP contribution in [0.2, 0.25) is 0 Å². The Kier molecular flexibility index (Phi) is 7.25. The third-order valence-corrected chi connectivity index (χ3v) is 2.50.